The molecule has 3 aromatic heterocycles. The number of carbonyl (C=O) groups excluding carboxylic acids is 1. The highest BCUT2D eigenvalue weighted by atomic mass is 35.5. The van der Waals surface area contributed by atoms with E-state index in [1.54, 1.807) is 12.3 Å². The largest absolute Gasteiger partial charge is 0.302 e. The Kier molecular flexibility index (Phi) is 5.69. The van der Waals surface area contributed by atoms with Gasteiger partial charge in [0.05, 0.1) is 20.2 Å². The molecular formula is C18H12Cl2N4O3S3. The van der Waals surface area contributed by atoms with Gasteiger partial charge < -0.3 is 5.32 Å². The molecule has 0 radical (unpaired) electrons. The van der Waals surface area contributed by atoms with Gasteiger partial charge in [0, 0.05) is 18.7 Å². The second-order valence-corrected chi connectivity index (χ2v) is 11.1. The number of thiazole rings is 1. The summed E-state index contributed by atoms with van der Waals surface area (Å²) in [5.74, 6) is -0.194. The summed E-state index contributed by atoms with van der Waals surface area (Å²) in [6, 6.07) is 10.1. The summed E-state index contributed by atoms with van der Waals surface area (Å²) in [4.78, 5) is 19.7. The zero-order valence-electron chi connectivity index (χ0n) is 15.1. The number of hydrogen-bond donors (Lipinski definition) is 2. The maximum atomic E-state index is 12.6. The Morgan fingerprint density at radius 3 is 2.57 bits per heavy atom. The van der Waals surface area contributed by atoms with E-state index in [2.05, 4.69) is 20.0 Å². The molecule has 3 heterocycles. The number of halogens is 2. The second-order valence-electron chi connectivity index (χ2n) is 6.11. The molecule has 0 bridgehead atoms. The minimum Gasteiger partial charge on any atom is -0.302 e. The van der Waals surface area contributed by atoms with E-state index < -0.39 is 10.0 Å². The number of anilines is 2. The van der Waals surface area contributed by atoms with Crippen LogP contribution in [0.15, 0.2) is 46.8 Å². The maximum Gasteiger partial charge on any atom is 0.271 e. The van der Waals surface area contributed by atoms with Gasteiger partial charge in [0.15, 0.2) is 10.3 Å². The van der Waals surface area contributed by atoms with E-state index in [1.807, 2.05) is 18.2 Å². The smallest absolute Gasteiger partial charge is 0.271 e. The van der Waals surface area contributed by atoms with Gasteiger partial charge in [0.1, 0.15) is 4.21 Å². The van der Waals surface area contributed by atoms with Crippen molar-refractivity contribution in [3.05, 3.63) is 52.1 Å². The molecule has 1 aromatic carbocycles. The lowest BCUT2D eigenvalue weighted by molar-refractivity contribution is -0.114. The first-order chi connectivity index (χ1) is 14.2. The highest BCUT2D eigenvalue weighted by Crippen LogP contribution is 2.34. The summed E-state index contributed by atoms with van der Waals surface area (Å²) in [6.45, 7) is 1.42. The Labute approximate surface area is 189 Å². The van der Waals surface area contributed by atoms with Gasteiger partial charge in [-0.3, -0.25) is 9.52 Å². The summed E-state index contributed by atoms with van der Waals surface area (Å²) in [5, 5.41) is 3.20. The predicted molar refractivity (Wildman–Crippen MR) is 122 cm³/mol. The van der Waals surface area contributed by atoms with Gasteiger partial charge in [-0.2, -0.15) is 0 Å². The second kappa shape index (κ2) is 8.12. The lowest BCUT2D eigenvalue weighted by Crippen LogP contribution is -2.12. The molecule has 0 aliphatic carbocycles. The average molecular weight is 499 g/mol. The number of nitrogens with zero attached hydrogens (tertiary/aromatic N) is 2. The van der Waals surface area contributed by atoms with E-state index >= 15 is 0 Å². The quantitative estimate of drug-likeness (QED) is 0.354. The number of rotatable bonds is 5. The van der Waals surface area contributed by atoms with Gasteiger partial charge in [-0.15, -0.1) is 11.3 Å². The Balaban J connectivity index is 1.68. The van der Waals surface area contributed by atoms with Crippen molar-refractivity contribution < 1.29 is 13.2 Å². The molecule has 154 valence electrons. The highest BCUT2D eigenvalue weighted by molar-refractivity contribution is 7.94. The van der Waals surface area contributed by atoms with Gasteiger partial charge in [-0.05, 0) is 35.9 Å². The molecule has 4 rings (SSSR count). The maximum absolute atomic E-state index is 12.6. The monoisotopic (exact) mass is 498 g/mol. The van der Waals surface area contributed by atoms with E-state index in [-0.39, 0.29) is 21.0 Å². The normalized spacial score (nSPS) is 11.6. The van der Waals surface area contributed by atoms with Gasteiger partial charge in [-0.25, -0.2) is 18.4 Å². The molecular weight excluding hydrogens is 487 g/mol. The summed E-state index contributed by atoms with van der Waals surface area (Å²) < 4.78 is 29.0. The van der Waals surface area contributed by atoms with Gasteiger partial charge in [-0.1, -0.05) is 40.6 Å². The van der Waals surface area contributed by atoms with Crippen LogP contribution in [0.1, 0.15) is 6.92 Å². The third kappa shape index (κ3) is 4.42. The zero-order valence-corrected chi connectivity index (χ0v) is 19.1. The highest BCUT2D eigenvalue weighted by Gasteiger charge is 2.19. The number of benzene rings is 1. The summed E-state index contributed by atoms with van der Waals surface area (Å²) in [5.41, 5.74) is 2.36. The van der Waals surface area contributed by atoms with E-state index in [4.69, 9.17) is 23.2 Å². The molecule has 0 spiro atoms. The number of nitrogens with one attached hydrogen (secondary N) is 2. The number of aromatic nitrogens is 2. The van der Waals surface area contributed by atoms with E-state index in [9.17, 15) is 13.2 Å². The molecule has 0 fully saturated rings. The fourth-order valence-corrected chi connectivity index (χ4v) is 6.32. The standard InChI is InChI=1S/C18H12Cl2N4O3S3/c1-9(25)22-18-23-12-3-2-10(7-14(12)28-18)11-6-13(17(20)21-8-11)24-30(26,27)16-5-4-15(19)29-16/h2-8,24H,1H3,(H,22,23,25). The number of fused-ring (bicyclic) bond motifs is 1. The molecule has 0 atom stereocenters. The van der Waals surface area contributed by atoms with E-state index in [1.165, 1.54) is 30.4 Å². The minimum absolute atomic E-state index is 0.0248. The minimum atomic E-state index is -3.85. The summed E-state index contributed by atoms with van der Waals surface area (Å²) >= 11 is 14.2. The van der Waals surface area contributed by atoms with Crippen LogP contribution >= 0.6 is 45.9 Å². The van der Waals surface area contributed by atoms with Crippen molar-refractivity contribution in [2.75, 3.05) is 10.0 Å². The SMILES string of the molecule is CC(=O)Nc1nc2ccc(-c3cnc(Cl)c(NS(=O)(=O)c4ccc(Cl)s4)c3)cc2s1. The van der Waals surface area contributed by atoms with Crippen LogP contribution in [0.25, 0.3) is 21.3 Å². The molecule has 0 unspecified atom stereocenters. The predicted octanol–water partition coefficient (Wildman–Crippen LogP) is 5.49. The van der Waals surface area contributed by atoms with Gasteiger partial charge >= 0.3 is 0 Å². The number of sulfonamides is 1. The van der Waals surface area contributed by atoms with Crippen LogP contribution in [-0.4, -0.2) is 24.3 Å². The fourth-order valence-electron chi connectivity index (χ4n) is 2.62. The van der Waals surface area contributed by atoms with Gasteiger partial charge in [0.25, 0.3) is 10.0 Å². The Hall–Kier alpha value is -2.24. The molecule has 0 aliphatic heterocycles. The summed E-state index contributed by atoms with van der Waals surface area (Å²) in [7, 11) is -3.85. The van der Waals surface area contributed by atoms with Crippen molar-refractivity contribution in [3.63, 3.8) is 0 Å². The first kappa shape index (κ1) is 21.0. The van der Waals surface area contributed by atoms with Crippen LogP contribution in [0.2, 0.25) is 9.49 Å². The molecule has 7 nitrogen and oxygen atoms in total. The number of carbonyl (C=O) groups is 1. The number of thiophene rings is 1. The molecule has 30 heavy (non-hydrogen) atoms. The lowest BCUT2D eigenvalue weighted by Gasteiger charge is -2.10. The van der Waals surface area contributed by atoms with Crippen LogP contribution in [0.4, 0.5) is 10.8 Å². The molecule has 0 aliphatic rings. The van der Waals surface area contributed by atoms with E-state index in [0.29, 0.717) is 15.0 Å². The fraction of sp³-hybridized carbons (Fsp3) is 0.0556. The Bertz CT molecular complexity index is 1380. The average Bonchev–Trinajstić information content (AvgIpc) is 3.28. The lowest BCUT2D eigenvalue weighted by atomic mass is 10.1. The third-order valence-corrected chi connectivity index (χ3v) is 8.22. The number of amides is 1. The molecule has 1 amide bonds. The van der Waals surface area contributed by atoms with Crippen molar-refractivity contribution in [2.45, 2.75) is 11.1 Å². The van der Waals surface area contributed by atoms with Crippen molar-refractivity contribution in [2.24, 2.45) is 0 Å². The first-order valence-corrected chi connectivity index (χ1v) is 12.2. The van der Waals surface area contributed by atoms with Crippen LogP contribution in [-0.2, 0) is 14.8 Å². The summed E-state index contributed by atoms with van der Waals surface area (Å²) in [6.07, 6.45) is 1.55. The Morgan fingerprint density at radius 1 is 1.07 bits per heavy atom. The van der Waals surface area contributed by atoms with Gasteiger partial charge in [0.2, 0.25) is 5.91 Å². The van der Waals surface area contributed by atoms with Crippen LogP contribution < -0.4 is 10.0 Å². The Morgan fingerprint density at radius 2 is 1.87 bits per heavy atom. The molecule has 0 saturated heterocycles. The van der Waals surface area contributed by atoms with E-state index in [0.717, 1.165) is 27.1 Å². The topological polar surface area (TPSA) is 101 Å². The number of pyridine rings is 1. The van der Waals surface area contributed by atoms with Crippen molar-refractivity contribution in [1.29, 1.82) is 0 Å². The van der Waals surface area contributed by atoms with Crippen molar-refractivity contribution in [3.8, 4) is 11.1 Å². The molecule has 0 saturated carbocycles. The van der Waals surface area contributed by atoms with Crippen LogP contribution in [0.5, 0.6) is 0 Å². The van der Waals surface area contributed by atoms with Crippen LogP contribution in [0.3, 0.4) is 0 Å². The van der Waals surface area contributed by atoms with Crippen molar-refractivity contribution >= 4 is 82.8 Å². The first-order valence-electron chi connectivity index (χ1n) is 8.33. The molecule has 12 heteroatoms. The number of hydrogen-bond acceptors (Lipinski definition) is 7. The third-order valence-electron chi connectivity index (χ3n) is 3.90. The van der Waals surface area contributed by atoms with Crippen molar-refractivity contribution in [1.82, 2.24) is 9.97 Å². The zero-order chi connectivity index (χ0) is 21.5. The van der Waals surface area contributed by atoms with Crippen LogP contribution in [0, 0.1) is 0 Å². The molecule has 2 N–H and O–H groups in total. The molecule has 4 aromatic rings.